The molecule has 0 bridgehead atoms. The first kappa shape index (κ1) is 22.7. The highest BCUT2D eigenvalue weighted by Crippen LogP contribution is 2.62. The summed E-state index contributed by atoms with van der Waals surface area (Å²) in [5.74, 6) is 4.08. The van der Waals surface area contributed by atoms with Crippen LogP contribution in [-0.4, -0.2) is 0 Å². The first-order chi connectivity index (χ1) is 13.2. The number of rotatable bonds is 7. The predicted molar refractivity (Wildman–Crippen MR) is 125 cm³/mol. The van der Waals surface area contributed by atoms with Crippen LogP contribution in [0.15, 0.2) is 0 Å². The molecule has 0 spiro atoms. The Balaban J connectivity index is 1.57. The third kappa shape index (κ3) is 4.67. The lowest BCUT2D eigenvalue weighted by Crippen LogP contribution is -2.45. The van der Waals surface area contributed by atoms with E-state index in [1.165, 1.54) is 89.9 Å². The standard InChI is InChI=1S/C28H52/c1-7-23-14-13-22(20-24(23)8-2)12-11-17-27(5)16-9-10-18-28(27,6)25-15-19-26(3,4)21-25/h22-25H,7-21H2,1-6H3/t22-,23+,24-,25-,27-,28?/m1/s1. The van der Waals surface area contributed by atoms with Crippen LogP contribution >= 0.6 is 0 Å². The van der Waals surface area contributed by atoms with E-state index >= 15 is 0 Å². The lowest BCUT2D eigenvalue weighted by Gasteiger charge is -2.54. The fraction of sp³-hybridized carbons (Fsp3) is 1.00. The van der Waals surface area contributed by atoms with E-state index in [9.17, 15) is 0 Å². The van der Waals surface area contributed by atoms with Gasteiger partial charge in [-0.3, -0.25) is 0 Å². The van der Waals surface area contributed by atoms with Crippen LogP contribution in [-0.2, 0) is 0 Å². The van der Waals surface area contributed by atoms with Gasteiger partial charge in [0, 0.05) is 0 Å². The fourth-order valence-corrected chi connectivity index (χ4v) is 8.19. The Morgan fingerprint density at radius 3 is 2.14 bits per heavy atom. The van der Waals surface area contributed by atoms with Gasteiger partial charge < -0.3 is 0 Å². The molecule has 6 atom stereocenters. The molecule has 28 heavy (non-hydrogen) atoms. The number of hydrogen-bond donors (Lipinski definition) is 0. The highest BCUT2D eigenvalue weighted by molar-refractivity contribution is 5.02. The molecule has 0 N–H and O–H groups in total. The lowest BCUT2D eigenvalue weighted by atomic mass is 9.50. The van der Waals surface area contributed by atoms with Crippen molar-refractivity contribution in [2.45, 2.75) is 138 Å². The van der Waals surface area contributed by atoms with E-state index in [2.05, 4.69) is 41.5 Å². The SMILES string of the molecule is CC[C@@H]1C[C@H](CCC[C@@]2(C)CCCCC2(C)[C@@H]2CCC(C)(C)C2)CC[C@@H]1CC. The van der Waals surface area contributed by atoms with E-state index in [-0.39, 0.29) is 0 Å². The highest BCUT2D eigenvalue weighted by Gasteiger charge is 2.52. The summed E-state index contributed by atoms with van der Waals surface area (Å²) in [6.07, 6.45) is 22.4. The summed E-state index contributed by atoms with van der Waals surface area (Å²) < 4.78 is 0. The monoisotopic (exact) mass is 388 g/mol. The average molecular weight is 389 g/mol. The molecule has 3 fully saturated rings. The molecule has 164 valence electrons. The van der Waals surface area contributed by atoms with Crippen molar-refractivity contribution in [3.8, 4) is 0 Å². The highest BCUT2D eigenvalue weighted by atomic mass is 14.6. The second-order valence-corrected chi connectivity index (χ2v) is 12.7. The summed E-state index contributed by atoms with van der Waals surface area (Å²) in [4.78, 5) is 0. The average Bonchev–Trinajstić information content (AvgIpc) is 3.04. The summed E-state index contributed by atoms with van der Waals surface area (Å²) in [7, 11) is 0. The first-order valence-corrected chi connectivity index (χ1v) is 13.2. The van der Waals surface area contributed by atoms with Gasteiger partial charge in [0.05, 0.1) is 0 Å². The molecule has 0 aromatic carbocycles. The van der Waals surface area contributed by atoms with Crippen molar-refractivity contribution < 1.29 is 0 Å². The molecule has 3 saturated carbocycles. The Bertz CT molecular complexity index is 490. The molecule has 0 amide bonds. The van der Waals surface area contributed by atoms with Gasteiger partial charge in [0.15, 0.2) is 0 Å². The van der Waals surface area contributed by atoms with Gasteiger partial charge in [-0.2, -0.15) is 0 Å². The third-order valence-corrected chi connectivity index (χ3v) is 10.6. The van der Waals surface area contributed by atoms with E-state index in [0.717, 1.165) is 23.7 Å². The van der Waals surface area contributed by atoms with Crippen molar-refractivity contribution in [2.24, 2.45) is 39.9 Å². The van der Waals surface area contributed by atoms with Crippen LogP contribution in [0, 0.1) is 39.9 Å². The molecule has 0 heterocycles. The van der Waals surface area contributed by atoms with Crippen molar-refractivity contribution in [3.05, 3.63) is 0 Å². The van der Waals surface area contributed by atoms with E-state index in [4.69, 9.17) is 0 Å². The molecule has 0 nitrogen and oxygen atoms in total. The maximum Gasteiger partial charge on any atom is -0.0243 e. The molecule has 3 aliphatic carbocycles. The minimum absolute atomic E-state index is 0.596. The zero-order valence-electron chi connectivity index (χ0n) is 20.4. The van der Waals surface area contributed by atoms with Gasteiger partial charge in [-0.25, -0.2) is 0 Å². The summed E-state index contributed by atoms with van der Waals surface area (Å²) in [5, 5.41) is 0. The molecule has 1 unspecified atom stereocenters. The van der Waals surface area contributed by atoms with E-state index < -0.39 is 0 Å². The zero-order chi connectivity index (χ0) is 20.4. The number of hydrogen-bond acceptors (Lipinski definition) is 0. The van der Waals surface area contributed by atoms with Crippen molar-refractivity contribution >= 4 is 0 Å². The van der Waals surface area contributed by atoms with Crippen LogP contribution in [0.4, 0.5) is 0 Å². The van der Waals surface area contributed by atoms with Crippen LogP contribution in [0.2, 0.25) is 0 Å². The lowest BCUT2D eigenvalue weighted by molar-refractivity contribution is -0.0464. The van der Waals surface area contributed by atoms with Crippen LogP contribution in [0.25, 0.3) is 0 Å². The van der Waals surface area contributed by atoms with Crippen LogP contribution in [0.1, 0.15) is 138 Å². The summed E-state index contributed by atoms with van der Waals surface area (Å²) >= 11 is 0. The molecule has 0 aromatic rings. The topological polar surface area (TPSA) is 0 Å². The molecular weight excluding hydrogens is 336 g/mol. The first-order valence-electron chi connectivity index (χ1n) is 13.2. The Kier molecular flexibility index (Phi) is 7.30. The van der Waals surface area contributed by atoms with Crippen LogP contribution in [0.5, 0.6) is 0 Å². The Morgan fingerprint density at radius 1 is 0.786 bits per heavy atom. The molecule has 0 aliphatic heterocycles. The van der Waals surface area contributed by atoms with Gasteiger partial charge in [-0.1, -0.05) is 86.5 Å². The smallest absolute Gasteiger partial charge is 0.0243 e. The van der Waals surface area contributed by atoms with Gasteiger partial charge in [0.1, 0.15) is 0 Å². The van der Waals surface area contributed by atoms with Gasteiger partial charge in [0.2, 0.25) is 0 Å². The summed E-state index contributed by atoms with van der Waals surface area (Å²) in [6.45, 7) is 15.3. The van der Waals surface area contributed by atoms with E-state index in [1.54, 1.807) is 6.42 Å². The van der Waals surface area contributed by atoms with Crippen molar-refractivity contribution in [1.29, 1.82) is 0 Å². The Labute approximate surface area is 178 Å². The molecule has 0 radical (unpaired) electrons. The summed E-state index contributed by atoms with van der Waals surface area (Å²) in [6, 6.07) is 0. The quantitative estimate of drug-likeness (QED) is 0.407. The maximum absolute atomic E-state index is 2.72. The minimum Gasteiger partial charge on any atom is -0.0651 e. The molecule has 3 rings (SSSR count). The largest absolute Gasteiger partial charge is 0.0651 e. The molecule has 0 aromatic heterocycles. The minimum atomic E-state index is 0.596. The molecule has 3 aliphatic rings. The van der Waals surface area contributed by atoms with Crippen LogP contribution in [0.3, 0.4) is 0 Å². The van der Waals surface area contributed by atoms with Crippen LogP contribution < -0.4 is 0 Å². The predicted octanol–water partition coefficient (Wildman–Crippen LogP) is 9.42. The van der Waals surface area contributed by atoms with Gasteiger partial charge in [-0.05, 0) is 91.3 Å². The zero-order valence-corrected chi connectivity index (χ0v) is 20.4. The summed E-state index contributed by atoms with van der Waals surface area (Å²) in [5.41, 5.74) is 1.80. The Hall–Kier alpha value is 0. The van der Waals surface area contributed by atoms with Crippen molar-refractivity contribution in [2.75, 3.05) is 0 Å². The van der Waals surface area contributed by atoms with Gasteiger partial charge in [-0.15, -0.1) is 0 Å². The molecule has 0 saturated heterocycles. The third-order valence-electron chi connectivity index (χ3n) is 10.6. The van der Waals surface area contributed by atoms with Crippen molar-refractivity contribution in [3.63, 3.8) is 0 Å². The van der Waals surface area contributed by atoms with Gasteiger partial charge in [0.25, 0.3) is 0 Å². The Morgan fingerprint density at radius 2 is 1.50 bits per heavy atom. The molecular formula is C28H52. The second-order valence-electron chi connectivity index (χ2n) is 12.7. The second kappa shape index (κ2) is 9.01. The van der Waals surface area contributed by atoms with E-state index in [0.29, 0.717) is 16.2 Å². The van der Waals surface area contributed by atoms with E-state index in [1.807, 2.05) is 0 Å². The maximum atomic E-state index is 2.72. The fourth-order valence-electron chi connectivity index (χ4n) is 8.19. The normalized spacial score (nSPS) is 43.9. The van der Waals surface area contributed by atoms with Crippen molar-refractivity contribution in [1.82, 2.24) is 0 Å². The van der Waals surface area contributed by atoms with Gasteiger partial charge >= 0.3 is 0 Å². The molecule has 0 heteroatoms.